The second-order valence-corrected chi connectivity index (χ2v) is 11.3. The Labute approximate surface area is 223 Å². The molecule has 0 spiro atoms. The molecule has 12 heteroatoms. The first-order valence-electron chi connectivity index (χ1n) is 12.2. The van der Waals surface area contributed by atoms with Crippen LogP contribution >= 0.6 is 0 Å². The molecule has 1 aliphatic rings. The van der Waals surface area contributed by atoms with Gasteiger partial charge in [-0.2, -0.15) is 30.6 Å². The van der Waals surface area contributed by atoms with Gasteiger partial charge in [-0.3, -0.25) is 4.90 Å². The summed E-state index contributed by atoms with van der Waals surface area (Å²) in [5, 5.41) is 2.82. The number of nitrogens with zero attached hydrogens (tertiary/aromatic N) is 2. The van der Waals surface area contributed by atoms with E-state index in [1.807, 2.05) is 30.3 Å². The molecule has 1 heterocycles. The maximum absolute atomic E-state index is 13.1. The molecule has 5 nitrogen and oxygen atoms in total. The molecule has 3 aromatic carbocycles. The number of benzene rings is 3. The number of hydrogen-bond donors (Lipinski definition) is 1. The van der Waals surface area contributed by atoms with Crippen molar-refractivity contribution >= 4 is 10.0 Å². The molecule has 0 saturated carbocycles. The Balaban J connectivity index is 1.33. The van der Waals surface area contributed by atoms with E-state index >= 15 is 0 Å². The average Bonchev–Trinajstić information content (AvgIpc) is 2.89. The van der Waals surface area contributed by atoms with Crippen LogP contribution in [-0.2, 0) is 42.0 Å². The van der Waals surface area contributed by atoms with E-state index in [9.17, 15) is 34.8 Å². The monoisotopic (exact) mass is 571 g/mol. The number of nitrogens with one attached hydrogen (secondary N) is 1. The highest BCUT2D eigenvalue weighted by Gasteiger charge is 2.36. The van der Waals surface area contributed by atoms with Crippen molar-refractivity contribution in [3.8, 4) is 0 Å². The second kappa shape index (κ2) is 11.7. The molecule has 1 aliphatic heterocycles. The number of sulfonamides is 1. The molecule has 0 unspecified atom stereocenters. The van der Waals surface area contributed by atoms with Gasteiger partial charge in [0.1, 0.15) is 0 Å². The molecular weight excluding hydrogens is 544 g/mol. The van der Waals surface area contributed by atoms with Gasteiger partial charge in [-0.05, 0) is 47.0 Å². The fourth-order valence-electron chi connectivity index (χ4n) is 4.37. The Hall–Kier alpha value is -2.93. The predicted octanol–water partition coefficient (Wildman–Crippen LogP) is 5.52. The fourth-order valence-corrected chi connectivity index (χ4v) is 5.79. The highest BCUT2D eigenvalue weighted by Crippen LogP contribution is 2.36. The topological polar surface area (TPSA) is 52.7 Å². The minimum atomic E-state index is -4.91. The van der Waals surface area contributed by atoms with Gasteiger partial charge in [0.2, 0.25) is 10.0 Å². The summed E-state index contributed by atoms with van der Waals surface area (Å²) in [6.07, 6.45) is -9.82. The minimum absolute atomic E-state index is 0.0891. The molecule has 3 aromatic rings. The lowest BCUT2D eigenvalue weighted by molar-refractivity contribution is -0.143. The van der Waals surface area contributed by atoms with Gasteiger partial charge in [0.05, 0.1) is 16.0 Å². The zero-order valence-electron chi connectivity index (χ0n) is 20.8. The van der Waals surface area contributed by atoms with Crippen molar-refractivity contribution in [3.63, 3.8) is 0 Å². The Morgan fingerprint density at radius 2 is 1.21 bits per heavy atom. The Bertz CT molecular complexity index is 1320. The minimum Gasteiger partial charge on any atom is -0.309 e. The van der Waals surface area contributed by atoms with Crippen LogP contribution < -0.4 is 5.32 Å². The lowest BCUT2D eigenvalue weighted by atomic mass is 10.0. The Morgan fingerprint density at radius 1 is 0.667 bits per heavy atom. The number of alkyl halides is 6. The molecule has 1 fully saturated rings. The third kappa shape index (κ3) is 7.59. The first-order valence-corrected chi connectivity index (χ1v) is 13.6. The highest BCUT2D eigenvalue weighted by molar-refractivity contribution is 7.89. The maximum Gasteiger partial charge on any atom is 0.416 e. The highest BCUT2D eigenvalue weighted by atomic mass is 32.2. The van der Waals surface area contributed by atoms with Crippen LogP contribution in [0, 0.1) is 0 Å². The number of rotatable bonds is 8. The van der Waals surface area contributed by atoms with Crippen LogP contribution in [0.2, 0.25) is 0 Å². The van der Waals surface area contributed by atoms with E-state index in [0.717, 1.165) is 12.1 Å². The summed E-state index contributed by atoms with van der Waals surface area (Å²) in [7, 11) is -3.70. The summed E-state index contributed by atoms with van der Waals surface area (Å²) in [5.41, 5.74) is -1.12. The molecule has 0 radical (unpaired) electrons. The lowest BCUT2D eigenvalue weighted by Gasteiger charge is -2.34. The first kappa shape index (κ1) is 29.1. The molecule has 39 heavy (non-hydrogen) atoms. The van der Waals surface area contributed by atoms with Crippen LogP contribution in [-0.4, -0.2) is 43.8 Å². The van der Waals surface area contributed by atoms with Gasteiger partial charge in [-0.1, -0.05) is 42.5 Å². The molecule has 0 bridgehead atoms. The van der Waals surface area contributed by atoms with Crippen molar-refractivity contribution in [2.45, 2.75) is 36.9 Å². The molecule has 4 rings (SSSR count). The number of halogens is 6. The quantitative estimate of drug-likeness (QED) is 0.362. The Morgan fingerprint density at radius 3 is 1.74 bits per heavy atom. The number of piperazine rings is 1. The van der Waals surface area contributed by atoms with E-state index in [1.165, 1.54) is 16.4 Å². The third-order valence-corrected chi connectivity index (χ3v) is 8.36. The third-order valence-electron chi connectivity index (χ3n) is 6.45. The maximum atomic E-state index is 13.1. The van der Waals surface area contributed by atoms with E-state index in [1.54, 1.807) is 12.1 Å². The average molecular weight is 572 g/mol. The van der Waals surface area contributed by atoms with Crippen molar-refractivity contribution in [1.29, 1.82) is 0 Å². The van der Waals surface area contributed by atoms with Crippen LogP contribution in [0.25, 0.3) is 0 Å². The molecule has 210 valence electrons. The molecule has 0 aromatic heterocycles. The largest absolute Gasteiger partial charge is 0.416 e. The van der Waals surface area contributed by atoms with Gasteiger partial charge >= 0.3 is 12.4 Å². The predicted molar refractivity (Wildman–Crippen MR) is 134 cm³/mol. The normalized spacial score (nSPS) is 15.9. The van der Waals surface area contributed by atoms with E-state index in [-0.39, 0.29) is 29.6 Å². The summed E-state index contributed by atoms with van der Waals surface area (Å²) in [6.45, 7) is 2.54. The zero-order valence-corrected chi connectivity index (χ0v) is 21.6. The number of hydrogen-bond acceptors (Lipinski definition) is 4. The van der Waals surface area contributed by atoms with Crippen molar-refractivity contribution in [2.75, 3.05) is 26.2 Å². The molecule has 0 atom stereocenters. The fraction of sp³-hybridized carbons (Fsp3) is 0.333. The summed E-state index contributed by atoms with van der Waals surface area (Å²) >= 11 is 0. The van der Waals surface area contributed by atoms with Gasteiger partial charge in [-0.15, -0.1) is 0 Å². The van der Waals surface area contributed by atoms with Gasteiger partial charge in [0.15, 0.2) is 0 Å². The van der Waals surface area contributed by atoms with Crippen molar-refractivity contribution in [3.05, 3.63) is 101 Å². The molecule has 0 aliphatic carbocycles. The summed E-state index contributed by atoms with van der Waals surface area (Å²) in [4.78, 5) is 2.31. The zero-order chi connectivity index (χ0) is 28.3. The van der Waals surface area contributed by atoms with Crippen molar-refractivity contribution in [1.82, 2.24) is 14.5 Å². The van der Waals surface area contributed by atoms with Crippen LogP contribution in [0.1, 0.15) is 27.8 Å². The SMILES string of the molecule is O=S(=O)(c1ccc(CNCc2cc(C(F)(F)F)cc(C(F)(F)F)c2)cc1)N1CCN(Cc2ccccc2)CC1. The molecular formula is C27H27F6N3O2S. The van der Waals surface area contributed by atoms with Crippen molar-refractivity contribution in [2.24, 2.45) is 0 Å². The van der Waals surface area contributed by atoms with Gasteiger partial charge in [0.25, 0.3) is 0 Å². The van der Waals surface area contributed by atoms with Crippen LogP contribution in [0.5, 0.6) is 0 Å². The van der Waals surface area contributed by atoms with E-state index < -0.39 is 33.5 Å². The standard InChI is InChI=1S/C27H27F6N3O2S/c28-26(29,30)23-14-22(15-24(16-23)27(31,32)33)18-34-17-20-6-8-25(9-7-20)39(37,38)36-12-10-35(11-13-36)19-21-4-2-1-3-5-21/h1-9,14-16,34H,10-13,17-19H2. The summed E-state index contributed by atoms with van der Waals surface area (Å²) in [6, 6.07) is 17.4. The van der Waals surface area contributed by atoms with Gasteiger partial charge in [0, 0.05) is 45.8 Å². The molecule has 0 amide bonds. The summed E-state index contributed by atoms with van der Waals surface area (Å²) < 4.78 is 106. The van der Waals surface area contributed by atoms with Crippen LogP contribution in [0.15, 0.2) is 77.7 Å². The summed E-state index contributed by atoms with van der Waals surface area (Å²) in [5.74, 6) is 0. The van der Waals surface area contributed by atoms with Crippen molar-refractivity contribution < 1.29 is 34.8 Å². The molecule has 1 saturated heterocycles. The first-order chi connectivity index (χ1) is 18.3. The van der Waals surface area contributed by atoms with Gasteiger partial charge < -0.3 is 5.32 Å². The molecule has 1 N–H and O–H groups in total. The van der Waals surface area contributed by atoms with E-state index in [0.29, 0.717) is 43.9 Å². The van der Waals surface area contributed by atoms with Gasteiger partial charge in [-0.25, -0.2) is 8.42 Å². The smallest absolute Gasteiger partial charge is 0.309 e. The van der Waals surface area contributed by atoms with E-state index in [2.05, 4.69) is 10.2 Å². The van der Waals surface area contributed by atoms with E-state index in [4.69, 9.17) is 0 Å². The second-order valence-electron chi connectivity index (χ2n) is 9.33. The lowest BCUT2D eigenvalue weighted by Crippen LogP contribution is -2.48. The Kier molecular flexibility index (Phi) is 8.69. The van der Waals surface area contributed by atoms with Crippen LogP contribution in [0.4, 0.5) is 26.3 Å². The van der Waals surface area contributed by atoms with Crippen LogP contribution in [0.3, 0.4) is 0 Å².